The van der Waals surface area contributed by atoms with Crippen LogP contribution in [0.5, 0.6) is 0 Å². The van der Waals surface area contributed by atoms with Crippen molar-refractivity contribution in [2.24, 2.45) is 0 Å². The van der Waals surface area contributed by atoms with E-state index in [1.807, 2.05) is 26.0 Å². The van der Waals surface area contributed by atoms with E-state index >= 15 is 0 Å². The minimum atomic E-state index is -0.184. The van der Waals surface area contributed by atoms with Crippen molar-refractivity contribution in [3.63, 3.8) is 0 Å². The molecule has 0 radical (unpaired) electrons. The lowest BCUT2D eigenvalue weighted by atomic mass is 10.1. The highest BCUT2D eigenvalue weighted by atomic mass is 16.2. The van der Waals surface area contributed by atoms with Gasteiger partial charge in [0.15, 0.2) is 0 Å². The van der Waals surface area contributed by atoms with E-state index < -0.39 is 0 Å². The van der Waals surface area contributed by atoms with Gasteiger partial charge in [-0.2, -0.15) is 0 Å². The van der Waals surface area contributed by atoms with Gasteiger partial charge in [-0.25, -0.2) is 0 Å². The summed E-state index contributed by atoms with van der Waals surface area (Å²) < 4.78 is 0. The lowest BCUT2D eigenvalue weighted by molar-refractivity contribution is -0.134. The van der Waals surface area contributed by atoms with E-state index in [1.54, 1.807) is 0 Å². The maximum Gasteiger partial charge on any atom is 0.260 e. The molecule has 0 spiro atoms. The van der Waals surface area contributed by atoms with Gasteiger partial charge in [0.05, 0.1) is 0 Å². The van der Waals surface area contributed by atoms with Crippen molar-refractivity contribution in [3.8, 4) is 0 Å². The van der Waals surface area contributed by atoms with E-state index in [0.29, 0.717) is 11.1 Å². The fourth-order valence-electron chi connectivity index (χ4n) is 1.49. The van der Waals surface area contributed by atoms with Crippen molar-refractivity contribution in [2.75, 3.05) is 7.05 Å². The first-order chi connectivity index (χ1) is 6.63. The second kappa shape index (κ2) is 4.22. The topological polar surface area (TPSA) is 37.4 Å². The Morgan fingerprint density at radius 2 is 1.36 bits per heavy atom. The molecule has 0 bridgehead atoms. The van der Waals surface area contributed by atoms with Gasteiger partial charge in [-0.05, 0) is 12.8 Å². The fraction of sp³-hybridized carbons (Fsp3) is 0.455. The van der Waals surface area contributed by atoms with Crippen LogP contribution in [0, 0.1) is 0 Å². The number of imide groups is 1. The third kappa shape index (κ3) is 1.62. The molecule has 76 valence electrons. The maximum absolute atomic E-state index is 11.6. The van der Waals surface area contributed by atoms with Crippen molar-refractivity contribution in [3.05, 3.63) is 23.3 Å². The SMILES string of the molecule is CC/C=C1/C(=O)N(C)C(=O)/C1=C/CC. The van der Waals surface area contributed by atoms with Crippen LogP contribution in [0.2, 0.25) is 0 Å². The van der Waals surface area contributed by atoms with E-state index in [2.05, 4.69) is 0 Å². The van der Waals surface area contributed by atoms with Crippen molar-refractivity contribution < 1.29 is 9.59 Å². The Kier molecular flexibility index (Phi) is 3.23. The first kappa shape index (κ1) is 10.7. The quantitative estimate of drug-likeness (QED) is 0.494. The zero-order valence-electron chi connectivity index (χ0n) is 8.83. The summed E-state index contributed by atoms with van der Waals surface area (Å²) in [5, 5.41) is 0. The Labute approximate surface area is 84.1 Å². The van der Waals surface area contributed by atoms with E-state index in [4.69, 9.17) is 0 Å². The molecule has 1 fully saturated rings. The molecule has 0 aromatic rings. The molecule has 1 aliphatic rings. The van der Waals surface area contributed by atoms with Crippen molar-refractivity contribution in [1.82, 2.24) is 4.90 Å². The second-order valence-electron chi connectivity index (χ2n) is 3.22. The zero-order valence-corrected chi connectivity index (χ0v) is 8.83. The molecule has 0 N–H and O–H groups in total. The average Bonchev–Trinajstić information content (AvgIpc) is 2.36. The largest absolute Gasteiger partial charge is 0.277 e. The number of rotatable bonds is 2. The molecule has 0 saturated carbocycles. The molecule has 1 saturated heterocycles. The maximum atomic E-state index is 11.6. The van der Waals surface area contributed by atoms with Gasteiger partial charge in [0.25, 0.3) is 11.8 Å². The third-order valence-electron chi connectivity index (χ3n) is 2.18. The summed E-state index contributed by atoms with van der Waals surface area (Å²) in [6.45, 7) is 3.90. The second-order valence-corrected chi connectivity index (χ2v) is 3.22. The minimum Gasteiger partial charge on any atom is -0.277 e. The Hall–Kier alpha value is -1.38. The molecule has 0 unspecified atom stereocenters. The third-order valence-corrected chi connectivity index (χ3v) is 2.18. The summed E-state index contributed by atoms with van der Waals surface area (Å²) in [7, 11) is 1.52. The normalized spacial score (nSPS) is 22.9. The molecule has 1 aliphatic heterocycles. The Morgan fingerprint density at radius 1 is 1.00 bits per heavy atom. The zero-order chi connectivity index (χ0) is 10.7. The van der Waals surface area contributed by atoms with Gasteiger partial charge in [-0.15, -0.1) is 0 Å². The first-order valence-corrected chi connectivity index (χ1v) is 4.86. The number of hydrogen-bond donors (Lipinski definition) is 0. The smallest absolute Gasteiger partial charge is 0.260 e. The average molecular weight is 193 g/mol. The van der Waals surface area contributed by atoms with E-state index in [0.717, 1.165) is 12.8 Å². The number of carbonyl (C=O) groups excluding carboxylic acids is 2. The van der Waals surface area contributed by atoms with Gasteiger partial charge in [-0.3, -0.25) is 14.5 Å². The highest BCUT2D eigenvalue weighted by Crippen LogP contribution is 2.24. The summed E-state index contributed by atoms with van der Waals surface area (Å²) >= 11 is 0. The van der Waals surface area contributed by atoms with Gasteiger partial charge in [-0.1, -0.05) is 26.0 Å². The van der Waals surface area contributed by atoms with E-state index in [9.17, 15) is 9.59 Å². The number of amides is 2. The molecule has 14 heavy (non-hydrogen) atoms. The summed E-state index contributed by atoms with van der Waals surface area (Å²) in [5.41, 5.74) is 1.11. The molecule has 0 atom stereocenters. The Bertz CT molecular complexity index is 294. The number of likely N-dealkylation sites (N-methyl/N-ethyl adjacent to an activating group) is 1. The van der Waals surface area contributed by atoms with Crippen LogP contribution in [-0.4, -0.2) is 23.8 Å². The van der Waals surface area contributed by atoms with E-state index in [-0.39, 0.29) is 11.8 Å². The van der Waals surface area contributed by atoms with Crippen molar-refractivity contribution in [1.29, 1.82) is 0 Å². The van der Waals surface area contributed by atoms with Crippen LogP contribution in [0.15, 0.2) is 23.3 Å². The molecule has 1 rings (SSSR count). The van der Waals surface area contributed by atoms with Crippen LogP contribution in [0.4, 0.5) is 0 Å². The van der Waals surface area contributed by atoms with Crippen molar-refractivity contribution in [2.45, 2.75) is 26.7 Å². The van der Waals surface area contributed by atoms with E-state index in [1.165, 1.54) is 11.9 Å². The van der Waals surface area contributed by atoms with Crippen LogP contribution >= 0.6 is 0 Å². The first-order valence-electron chi connectivity index (χ1n) is 4.86. The van der Waals surface area contributed by atoms with Crippen LogP contribution in [-0.2, 0) is 9.59 Å². The van der Waals surface area contributed by atoms with Gasteiger partial charge in [0.1, 0.15) is 0 Å². The highest BCUT2D eigenvalue weighted by molar-refractivity contribution is 6.24. The molecule has 1 heterocycles. The van der Waals surface area contributed by atoms with Crippen LogP contribution in [0.1, 0.15) is 26.7 Å². The summed E-state index contributed by atoms with van der Waals surface area (Å²) in [6.07, 6.45) is 5.16. The Morgan fingerprint density at radius 3 is 1.64 bits per heavy atom. The lowest BCUT2D eigenvalue weighted by Gasteiger charge is -2.01. The summed E-state index contributed by atoms with van der Waals surface area (Å²) in [6, 6.07) is 0. The van der Waals surface area contributed by atoms with Gasteiger partial charge in [0.2, 0.25) is 0 Å². The fourth-order valence-corrected chi connectivity index (χ4v) is 1.49. The van der Waals surface area contributed by atoms with Gasteiger partial charge >= 0.3 is 0 Å². The summed E-state index contributed by atoms with van der Waals surface area (Å²) in [4.78, 5) is 24.3. The number of allylic oxidation sites excluding steroid dienone is 2. The van der Waals surface area contributed by atoms with Crippen LogP contribution in [0.25, 0.3) is 0 Å². The molecule has 0 aliphatic carbocycles. The molecule has 0 aromatic carbocycles. The monoisotopic (exact) mass is 193 g/mol. The predicted molar refractivity (Wildman–Crippen MR) is 54.5 cm³/mol. The van der Waals surface area contributed by atoms with Crippen LogP contribution in [0.3, 0.4) is 0 Å². The van der Waals surface area contributed by atoms with Crippen molar-refractivity contribution >= 4 is 11.8 Å². The Balaban J connectivity index is 3.15. The van der Waals surface area contributed by atoms with Crippen LogP contribution < -0.4 is 0 Å². The molecule has 2 amide bonds. The number of likely N-dealkylation sites (tertiary alicyclic amines) is 1. The minimum absolute atomic E-state index is 0.184. The van der Waals surface area contributed by atoms with Gasteiger partial charge in [0, 0.05) is 18.2 Å². The predicted octanol–water partition coefficient (Wildman–Crippen LogP) is 1.66. The standard InChI is InChI=1S/C11H15NO2/c1-4-6-8-9(7-5-2)11(14)12(3)10(8)13/h6-7H,4-5H2,1-3H3/b8-6+,9-7+. The lowest BCUT2D eigenvalue weighted by Crippen LogP contribution is -2.24. The summed E-state index contributed by atoms with van der Waals surface area (Å²) in [5.74, 6) is -0.367. The molecular formula is C11H15NO2. The molecule has 3 heteroatoms. The number of hydrogen-bond acceptors (Lipinski definition) is 2. The number of nitrogens with zero attached hydrogens (tertiary/aromatic N) is 1. The van der Waals surface area contributed by atoms with Gasteiger partial charge < -0.3 is 0 Å². The highest BCUT2D eigenvalue weighted by Gasteiger charge is 2.35. The molecule has 0 aromatic heterocycles. The molecule has 3 nitrogen and oxygen atoms in total. The number of carbonyl (C=O) groups is 2. The molecular weight excluding hydrogens is 178 g/mol.